The summed E-state index contributed by atoms with van der Waals surface area (Å²) in [7, 11) is -3.33. The lowest BCUT2D eigenvalue weighted by Crippen LogP contribution is -2.26. The van der Waals surface area contributed by atoms with E-state index in [-0.39, 0.29) is 4.75 Å². The molecular formula is C10H16BrNO2S3. The summed E-state index contributed by atoms with van der Waals surface area (Å²) in [5, 5.41) is 0. The minimum absolute atomic E-state index is 0.164. The molecule has 0 amide bonds. The Morgan fingerprint density at radius 2 is 2.06 bits per heavy atom. The summed E-state index contributed by atoms with van der Waals surface area (Å²) in [6, 6.07) is 3.34. The van der Waals surface area contributed by atoms with Gasteiger partial charge in [-0.25, -0.2) is 13.1 Å². The maximum Gasteiger partial charge on any atom is 0.250 e. The third-order valence-corrected chi connectivity index (χ3v) is 6.59. The Morgan fingerprint density at radius 1 is 1.41 bits per heavy atom. The fraction of sp³-hybridized carbons (Fsp3) is 0.600. The zero-order valence-corrected chi connectivity index (χ0v) is 14.0. The van der Waals surface area contributed by atoms with Crippen molar-refractivity contribution in [2.24, 2.45) is 0 Å². The van der Waals surface area contributed by atoms with Crippen molar-refractivity contribution in [2.45, 2.75) is 29.7 Å². The zero-order chi connectivity index (χ0) is 13.1. The van der Waals surface area contributed by atoms with Crippen molar-refractivity contribution in [1.82, 2.24) is 4.72 Å². The Morgan fingerprint density at radius 3 is 2.53 bits per heavy atom. The van der Waals surface area contributed by atoms with E-state index < -0.39 is 10.0 Å². The van der Waals surface area contributed by atoms with Gasteiger partial charge in [-0.3, -0.25) is 0 Å². The summed E-state index contributed by atoms with van der Waals surface area (Å²) in [4.78, 5) is 0. The van der Waals surface area contributed by atoms with Gasteiger partial charge >= 0.3 is 0 Å². The van der Waals surface area contributed by atoms with Crippen molar-refractivity contribution >= 4 is 49.1 Å². The molecule has 0 atom stereocenters. The van der Waals surface area contributed by atoms with Gasteiger partial charge in [-0.05, 0) is 28.1 Å². The van der Waals surface area contributed by atoms with E-state index in [1.54, 1.807) is 23.9 Å². The Labute approximate surface area is 120 Å². The normalized spacial score (nSPS) is 12.9. The summed E-state index contributed by atoms with van der Waals surface area (Å²) in [6.45, 7) is 6.80. The second kappa shape index (κ2) is 6.06. The predicted molar refractivity (Wildman–Crippen MR) is 79.4 cm³/mol. The third-order valence-electron chi connectivity index (χ3n) is 1.74. The molecule has 0 aliphatic rings. The Hall–Kier alpha value is 0.440. The molecule has 1 aromatic heterocycles. The Balaban J connectivity index is 2.46. The summed E-state index contributed by atoms with van der Waals surface area (Å²) >= 11 is 6.21. The molecular weight excluding hydrogens is 342 g/mol. The van der Waals surface area contributed by atoms with Gasteiger partial charge < -0.3 is 0 Å². The van der Waals surface area contributed by atoms with Gasteiger partial charge in [0.15, 0.2) is 0 Å². The van der Waals surface area contributed by atoms with Gasteiger partial charge in [-0.2, -0.15) is 11.8 Å². The predicted octanol–water partition coefficient (Wildman–Crippen LogP) is 3.32. The molecule has 0 saturated heterocycles. The Bertz CT molecular complexity index is 462. The fourth-order valence-electron chi connectivity index (χ4n) is 1.05. The van der Waals surface area contributed by atoms with E-state index in [1.807, 2.05) is 0 Å². The van der Waals surface area contributed by atoms with Crippen LogP contribution in [0.25, 0.3) is 0 Å². The van der Waals surface area contributed by atoms with E-state index in [9.17, 15) is 8.42 Å². The van der Waals surface area contributed by atoms with Crippen molar-refractivity contribution < 1.29 is 8.42 Å². The molecule has 7 heteroatoms. The quantitative estimate of drug-likeness (QED) is 0.822. The van der Waals surface area contributed by atoms with E-state index in [1.165, 1.54) is 11.3 Å². The number of thioether (sulfide) groups is 1. The van der Waals surface area contributed by atoms with E-state index >= 15 is 0 Å². The molecule has 0 saturated carbocycles. The first-order valence-electron chi connectivity index (χ1n) is 5.10. The summed E-state index contributed by atoms with van der Waals surface area (Å²) in [5.41, 5.74) is 0. The highest BCUT2D eigenvalue weighted by atomic mass is 79.9. The van der Waals surface area contributed by atoms with Crippen LogP contribution in [0.5, 0.6) is 0 Å². The first-order valence-corrected chi connectivity index (χ1v) is 9.17. The molecule has 0 radical (unpaired) electrons. The second-order valence-electron chi connectivity index (χ2n) is 4.42. The molecule has 0 aliphatic heterocycles. The summed E-state index contributed by atoms with van der Waals surface area (Å²) in [5.74, 6) is 0.773. The average molecular weight is 358 g/mol. The lowest BCUT2D eigenvalue weighted by Gasteiger charge is -2.17. The number of thiophene rings is 1. The van der Waals surface area contributed by atoms with E-state index in [0.29, 0.717) is 10.8 Å². The number of sulfonamides is 1. The number of hydrogen-bond donors (Lipinski definition) is 1. The van der Waals surface area contributed by atoms with Gasteiger partial charge in [0.1, 0.15) is 4.21 Å². The van der Waals surface area contributed by atoms with Crippen LogP contribution in [-0.4, -0.2) is 25.5 Å². The summed E-state index contributed by atoms with van der Waals surface area (Å²) in [6.07, 6.45) is 0. The molecule has 0 spiro atoms. The van der Waals surface area contributed by atoms with Crippen LogP contribution in [0.15, 0.2) is 20.1 Å². The van der Waals surface area contributed by atoms with Gasteiger partial charge in [-0.1, -0.05) is 20.8 Å². The second-order valence-corrected chi connectivity index (χ2v) is 10.8. The van der Waals surface area contributed by atoms with E-state index in [0.717, 1.165) is 9.54 Å². The number of hydrogen-bond acceptors (Lipinski definition) is 4. The van der Waals surface area contributed by atoms with Crippen LogP contribution in [0.3, 0.4) is 0 Å². The molecule has 1 heterocycles. The fourth-order valence-corrected chi connectivity index (χ4v) is 5.08. The highest BCUT2D eigenvalue weighted by Gasteiger charge is 2.16. The minimum atomic E-state index is -3.33. The monoisotopic (exact) mass is 357 g/mol. The summed E-state index contributed by atoms with van der Waals surface area (Å²) < 4.78 is 27.6. The van der Waals surface area contributed by atoms with Crippen molar-refractivity contribution in [3.05, 3.63) is 15.9 Å². The number of nitrogens with one attached hydrogen (secondary N) is 1. The molecule has 1 rings (SSSR count). The number of rotatable bonds is 5. The van der Waals surface area contributed by atoms with Crippen molar-refractivity contribution in [1.29, 1.82) is 0 Å². The molecule has 0 aromatic carbocycles. The number of halogens is 1. The topological polar surface area (TPSA) is 46.2 Å². The van der Waals surface area contributed by atoms with E-state index in [4.69, 9.17) is 0 Å². The molecule has 1 aromatic rings. The first kappa shape index (κ1) is 15.5. The highest BCUT2D eigenvalue weighted by molar-refractivity contribution is 9.11. The minimum Gasteiger partial charge on any atom is -0.210 e. The highest BCUT2D eigenvalue weighted by Crippen LogP contribution is 2.26. The van der Waals surface area contributed by atoms with Crippen LogP contribution < -0.4 is 4.72 Å². The SMILES string of the molecule is CC(C)(C)SCCNS(=O)(=O)c1ccc(Br)s1. The van der Waals surface area contributed by atoms with Crippen LogP contribution >= 0.6 is 39.0 Å². The zero-order valence-electron chi connectivity index (χ0n) is 9.99. The van der Waals surface area contributed by atoms with Crippen LogP contribution in [0, 0.1) is 0 Å². The lowest BCUT2D eigenvalue weighted by molar-refractivity contribution is 0.586. The third kappa shape index (κ3) is 5.74. The van der Waals surface area contributed by atoms with Crippen LogP contribution in [0.2, 0.25) is 0 Å². The molecule has 98 valence electrons. The van der Waals surface area contributed by atoms with Crippen LogP contribution in [0.1, 0.15) is 20.8 Å². The van der Waals surface area contributed by atoms with Gasteiger partial charge in [0.25, 0.3) is 0 Å². The largest absolute Gasteiger partial charge is 0.250 e. The molecule has 0 fully saturated rings. The van der Waals surface area contributed by atoms with Crippen molar-refractivity contribution in [2.75, 3.05) is 12.3 Å². The molecule has 3 nitrogen and oxygen atoms in total. The van der Waals surface area contributed by atoms with E-state index in [2.05, 4.69) is 41.4 Å². The maximum atomic E-state index is 11.8. The molecule has 0 bridgehead atoms. The average Bonchev–Trinajstić information content (AvgIpc) is 2.59. The van der Waals surface area contributed by atoms with Gasteiger partial charge in [0.05, 0.1) is 3.79 Å². The Kier molecular flexibility index (Phi) is 5.52. The standard InChI is InChI=1S/C10H16BrNO2S3/c1-10(2,3)15-7-6-12-17(13,14)9-5-4-8(11)16-9/h4-5,12H,6-7H2,1-3H3. The lowest BCUT2D eigenvalue weighted by atomic mass is 10.3. The molecule has 0 aliphatic carbocycles. The van der Waals surface area contributed by atoms with Crippen molar-refractivity contribution in [3.63, 3.8) is 0 Å². The van der Waals surface area contributed by atoms with Crippen molar-refractivity contribution in [3.8, 4) is 0 Å². The smallest absolute Gasteiger partial charge is 0.210 e. The van der Waals surface area contributed by atoms with Crippen LogP contribution in [-0.2, 0) is 10.0 Å². The first-order chi connectivity index (χ1) is 7.71. The molecule has 0 unspecified atom stereocenters. The maximum absolute atomic E-state index is 11.8. The molecule has 1 N–H and O–H groups in total. The van der Waals surface area contributed by atoms with Crippen LogP contribution in [0.4, 0.5) is 0 Å². The van der Waals surface area contributed by atoms with Gasteiger partial charge in [0.2, 0.25) is 10.0 Å². The van der Waals surface area contributed by atoms with Gasteiger partial charge in [-0.15, -0.1) is 11.3 Å². The molecule has 17 heavy (non-hydrogen) atoms. The van der Waals surface area contributed by atoms with Gasteiger partial charge in [0, 0.05) is 17.0 Å².